The first-order valence-corrected chi connectivity index (χ1v) is 8.48. The van der Waals surface area contributed by atoms with Gasteiger partial charge in [-0.25, -0.2) is 0 Å². The van der Waals surface area contributed by atoms with E-state index in [2.05, 4.69) is 5.32 Å². The number of rotatable bonds is 3. The minimum atomic E-state index is -1.03. The second-order valence-corrected chi connectivity index (χ2v) is 7.01. The molecule has 0 unspecified atom stereocenters. The number of hydrogen-bond acceptors (Lipinski definition) is 6. The van der Waals surface area contributed by atoms with Gasteiger partial charge in [0.25, 0.3) is 0 Å². The second-order valence-electron chi connectivity index (χ2n) is 6.60. The lowest BCUT2D eigenvalue weighted by molar-refractivity contribution is -0.361. The molecule has 1 aromatic carbocycles. The van der Waals surface area contributed by atoms with Crippen molar-refractivity contribution in [2.75, 3.05) is 6.61 Å². The monoisotopic (exact) mass is 371 g/mol. The van der Waals surface area contributed by atoms with Crippen molar-refractivity contribution in [2.24, 2.45) is 0 Å². The van der Waals surface area contributed by atoms with Crippen LogP contribution in [-0.2, 0) is 19.0 Å². The number of halogens is 1. The molecular weight excluding hydrogens is 350 g/mol. The Morgan fingerprint density at radius 3 is 2.80 bits per heavy atom. The molecule has 0 aromatic heterocycles. The van der Waals surface area contributed by atoms with Crippen LogP contribution in [-0.4, -0.2) is 54.1 Å². The van der Waals surface area contributed by atoms with Crippen molar-refractivity contribution in [1.29, 1.82) is 0 Å². The van der Waals surface area contributed by atoms with Crippen molar-refractivity contribution in [3.8, 4) is 5.75 Å². The molecule has 5 atom stereocenters. The van der Waals surface area contributed by atoms with Gasteiger partial charge in [-0.15, -0.1) is 0 Å². The molecule has 2 N–H and O–H groups in total. The van der Waals surface area contributed by atoms with Gasteiger partial charge in [0.1, 0.15) is 30.1 Å². The zero-order chi connectivity index (χ0) is 18.2. The second kappa shape index (κ2) is 7.09. The first kappa shape index (κ1) is 18.4. The Labute approximate surface area is 151 Å². The van der Waals surface area contributed by atoms with Gasteiger partial charge in [-0.2, -0.15) is 0 Å². The lowest BCUT2D eigenvalue weighted by Crippen LogP contribution is -2.69. The van der Waals surface area contributed by atoms with E-state index in [4.69, 9.17) is 30.5 Å². The maximum absolute atomic E-state index is 11.6. The molecule has 1 amide bonds. The highest BCUT2D eigenvalue weighted by atomic mass is 35.5. The Morgan fingerprint density at radius 1 is 1.40 bits per heavy atom. The van der Waals surface area contributed by atoms with Crippen LogP contribution in [0.15, 0.2) is 24.3 Å². The van der Waals surface area contributed by atoms with Crippen LogP contribution in [0.4, 0.5) is 0 Å². The lowest BCUT2D eigenvalue weighted by Gasteiger charge is -2.49. The van der Waals surface area contributed by atoms with Crippen molar-refractivity contribution >= 4 is 17.5 Å². The van der Waals surface area contributed by atoms with Gasteiger partial charge in [-0.3, -0.25) is 4.79 Å². The first-order valence-electron chi connectivity index (χ1n) is 8.10. The van der Waals surface area contributed by atoms with Crippen molar-refractivity contribution < 1.29 is 28.8 Å². The molecule has 0 saturated carbocycles. The van der Waals surface area contributed by atoms with Gasteiger partial charge in [0.05, 0.1) is 11.6 Å². The van der Waals surface area contributed by atoms with E-state index in [1.165, 1.54) is 6.92 Å². The van der Waals surface area contributed by atoms with Crippen LogP contribution in [0.3, 0.4) is 0 Å². The molecule has 0 radical (unpaired) electrons. The number of carbonyl (C=O) groups is 1. The fourth-order valence-electron chi connectivity index (χ4n) is 3.00. The number of hydrogen-bond donors (Lipinski definition) is 2. The summed E-state index contributed by atoms with van der Waals surface area (Å²) in [7, 11) is 0. The molecule has 138 valence electrons. The quantitative estimate of drug-likeness (QED) is 0.836. The molecule has 3 rings (SSSR count). The first-order chi connectivity index (χ1) is 11.8. The van der Waals surface area contributed by atoms with Crippen LogP contribution < -0.4 is 10.1 Å². The average Bonchev–Trinajstić information content (AvgIpc) is 2.53. The Balaban J connectivity index is 1.83. The number of nitrogens with one attached hydrogen (secondary N) is 1. The van der Waals surface area contributed by atoms with Crippen LogP contribution >= 0.6 is 11.6 Å². The minimum absolute atomic E-state index is 0.240. The van der Waals surface area contributed by atoms with Crippen LogP contribution in [0.2, 0.25) is 5.02 Å². The third-order valence-corrected chi connectivity index (χ3v) is 4.45. The van der Waals surface area contributed by atoms with Gasteiger partial charge in [0, 0.05) is 6.92 Å². The van der Waals surface area contributed by atoms with Gasteiger partial charge < -0.3 is 29.4 Å². The molecule has 1 aromatic rings. The highest BCUT2D eigenvalue weighted by Gasteiger charge is 2.52. The van der Waals surface area contributed by atoms with Crippen LogP contribution in [0, 0.1) is 0 Å². The normalized spacial score (nSPS) is 34.0. The van der Waals surface area contributed by atoms with E-state index in [9.17, 15) is 9.90 Å². The topological polar surface area (TPSA) is 86.3 Å². The standard InChI is InChI=1S/C17H22ClNO6/c1-9(20)19-13-14(21)15-12(8-22-17(2,3)25-15)24-16(13)23-11-7-5-4-6-10(11)18/h4-7,12-16,21H,8H2,1-3H3,(H,19,20)/t12-,13-,14-,15+,16+/m1/s1. The Bertz CT molecular complexity index is 639. The molecule has 2 fully saturated rings. The maximum Gasteiger partial charge on any atom is 0.223 e. The molecule has 2 heterocycles. The molecule has 25 heavy (non-hydrogen) atoms. The molecule has 8 heteroatoms. The van der Waals surface area contributed by atoms with Crippen molar-refractivity contribution in [3.63, 3.8) is 0 Å². The smallest absolute Gasteiger partial charge is 0.223 e. The molecule has 2 aliphatic heterocycles. The number of ether oxygens (including phenoxy) is 4. The number of carbonyl (C=O) groups excluding carboxylic acids is 1. The zero-order valence-corrected chi connectivity index (χ0v) is 15.0. The van der Waals surface area contributed by atoms with E-state index in [-0.39, 0.29) is 12.5 Å². The zero-order valence-electron chi connectivity index (χ0n) is 14.3. The van der Waals surface area contributed by atoms with E-state index in [1.807, 2.05) is 0 Å². The predicted molar refractivity (Wildman–Crippen MR) is 89.3 cm³/mol. The average molecular weight is 372 g/mol. The lowest BCUT2D eigenvalue weighted by atomic mass is 9.95. The van der Waals surface area contributed by atoms with Gasteiger partial charge in [0.15, 0.2) is 5.79 Å². The fourth-order valence-corrected chi connectivity index (χ4v) is 3.18. The third kappa shape index (κ3) is 4.07. The highest BCUT2D eigenvalue weighted by molar-refractivity contribution is 6.32. The van der Waals surface area contributed by atoms with Crippen LogP contribution in [0.25, 0.3) is 0 Å². The largest absolute Gasteiger partial charge is 0.461 e. The number of para-hydroxylation sites is 1. The van der Waals surface area contributed by atoms with Gasteiger partial charge in [-0.05, 0) is 26.0 Å². The van der Waals surface area contributed by atoms with E-state index < -0.39 is 36.4 Å². The molecule has 0 aliphatic carbocycles. The summed E-state index contributed by atoms with van der Waals surface area (Å²) in [5.41, 5.74) is 0. The van der Waals surface area contributed by atoms with Crippen LogP contribution in [0.5, 0.6) is 5.75 Å². The van der Waals surface area contributed by atoms with E-state index >= 15 is 0 Å². The fraction of sp³-hybridized carbons (Fsp3) is 0.588. The van der Waals surface area contributed by atoms with Gasteiger partial charge in [-0.1, -0.05) is 23.7 Å². The maximum atomic E-state index is 11.6. The number of benzene rings is 1. The summed E-state index contributed by atoms with van der Waals surface area (Å²) in [4.78, 5) is 11.6. The molecule has 0 spiro atoms. The molecule has 2 aliphatic rings. The Hall–Kier alpha value is -1.38. The Morgan fingerprint density at radius 2 is 2.12 bits per heavy atom. The van der Waals surface area contributed by atoms with Crippen molar-refractivity contribution in [3.05, 3.63) is 29.3 Å². The SMILES string of the molecule is CC(=O)N[C@H]1[C@@H](Oc2ccccc2Cl)O[C@@H]2COC(C)(C)O[C@@H]2[C@@H]1O. The summed E-state index contributed by atoms with van der Waals surface area (Å²) in [6.07, 6.45) is -3.14. The number of aliphatic hydroxyl groups is 1. The molecule has 2 saturated heterocycles. The number of aliphatic hydroxyl groups excluding tert-OH is 1. The number of fused-ring (bicyclic) bond motifs is 1. The van der Waals surface area contributed by atoms with Crippen molar-refractivity contribution in [2.45, 2.75) is 57.2 Å². The number of amides is 1. The molecular formula is C17H22ClNO6. The van der Waals surface area contributed by atoms with E-state index in [0.29, 0.717) is 10.8 Å². The molecule has 7 nitrogen and oxygen atoms in total. The summed E-state index contributed by atoms with van der Waals surface area (Å²) in [5, 5.41) is 13.9. The minimum Gasteiger partial charge on any atom is -0.461 e. The summed E-state index contributed by atoms with van der Waals surface area (Å²) in [6.45, 7) is 5.12. The van der Waals surface area contributed by atoms with Gasteiger partial charge >= 0.3 is 0 Å². The highest BCUT2D eigenvalue weighted by Crippen LogP contribution is 2.34. The summed E-state index contributed by atoms with van der Waals surface area (Å²) < 4.78 is 23.1. The summed E-state index contributed by atoms with van der Waals surface area (Å²) in [6, 6.07) is 6.10. The predicted octanol–water partition coefficient (Wildman–Crippen LogP) is 1.46. The van der Waals surface area contributed by atoms with Crippen molar-refractivity contribution in [1.82, 2.24) is 5.32 Å². The van der Waals surface area contributed by atoms with E-state index in [0.717, 1.165) is 0 Å². The van der Waals surface area contributed by atoms with Crippen LogP contribution in [0.1, 0.15) is 20.8 Å². The van der Waals surface area contributed by atoms with Gasteiger partial charge in [0.2, 0.25) is 12.2 Å². The summed E-state index contributed by atoms with van der Waals surface area (Å²) >= 11 is 6.13. The Kier molecular flexibility index (Phi) is 5.22. The third-order valence-electron chi connectivity index (χ3n) is 4.14. The summed E-state index contributed by atoms with van der Waals surface area (Å²) in [5.74, 6) is -0.763. The van der Waals surface area contributed by atoms with E-state index in [1.54, 1.807) is 38.1 Å². The molecule has 0 bridgehead atoms.